The summed E-state index contributed by atoms with van der Waals surface area (Å²) in [5, 5.41) is 4.08. The summed E-state index contributed by atoms with van der Waals surface area (Å²) in [7, 11) is 0. The first-order valence-electron chi connectivity index (χ1n) is 8.48. The third-order valence-corrected chi connectivity index (χ3v) is 5.20. The Kier molecular flexibility index (Phi) is 4.36. The molecule has 0 saturated carbocycles. The van der Waals surface area contributed by atoms with Crippen molar-refractivity contribution in [3.05, 3.63) is 64.0 Å². The molecule has 2 heterocycles. The van der Waals surface area contributed by atoms with Crippen LogP contribution in [0.3, 0.4) is 0 Å². The minimum absolute atomic E-state index is 0.0842. The lowest BCUT2D eigenvalue weighted by molar-refractivity contribution is -0.117. The molecule has 1 aliphatic heterocycles. The van der Waals surface area contributed by atoms with E-state index in [0.29, 0.717) is 24.7 Å². The van der Waals surface area contributed by atoms with Gasteiger partial charge in [-0.15, -0.1) is 0 Å². The molecule has 0 radical (unpaired) electrons. The van der Waals surface area contributed by atoms with Crippen LogP contribution in [0.25, 0.3) is 11.4 Å². The molecule has 1 saturated heterocycles. The Bertz CT molecular complexity index is 965. The van der Waals surface area contributed by atoms with Crippen LogP contribution in [0.15, 0.2) is 51.5 Å². The van der Waals surface area contributed by atoms with Crippen molar-refractivity contribution in [3.8, 4) is 11.4 Å². The second-order valence-corrected chi connectivity index (χ2v) is 7.57. The van der Waals surface area contributed by atoms with Crippen molar-refractivity contribution in [1.82, 2.24) is 10.1 Å². The van der Waals surface area contributed by atoms with Gasteiger partial charge in [0.2, 0.25) is 17.6 Å². The lowest BCUT2D eigenvalue weighted by atomic mass is 10.1. The van der Waals surface area contributed by atoms with Crippen molar-refractivity contribution >= 4 is 27.5 Å². The van der Waals surface area contributed by atoms with E-state index in [1.54, 1.807) is 0 Å². The number of aromatic nitrogens is 2. The minimum atomic E-state index is -0.0842. The fraction of sp³-hybridized carbons (Fsp3) is 0.250. The Labute approximate surface area is 160 Å². The summed E-state index contributed by atoms with van der Waals surface area (Å²) in [6.45, 7) is 4.61. The van der Waals surface area contributed by atoms with Crippen LogP contribution >= 0.6 is 15.9 Å². The number of benzene rings is 2. The van der Waals surface area contributed by atoms with Gasteiger partial charge >= 0.3 is 0 Å². The van der Waals surface area contributed by atoms with E-state index in [-0.39, 0.29) is 11.8 Å². The van der Waals surface area contributed by atoms with Crippen LogP contribution in [0.4, 0.5) is 5.69 Å². The Morgan fingerprint density at radius 1 is 1.15 bits per heavy atom. The van der Waals surface area contributed by atoms with Gasteiger partial charge in [-0.2, -0.15) is 4.98 Å². The quantitative estimate of drug-likeness (QED) is 0.629. The fourth-order valence-electron chi connectivity index (χ4n) is 3.23. The van der Waals surface area contributed by atoms with Gasteiger partial charge in [-0.25, -0.2) is 0 Å². The number of hydrogen-bond donors (Lipinski definition) is 0. The van der Waals surface area contributed by atoms with E-state index in [2.05, 4.69) is 38.2 Å². The maximum absolute atomic E-state index is 12.6. The normalized spacial score (nSPS) is 17.1. The van der Waals surface area contributed by atoms with E-state index >= 15 is 0 Å². The molecule has 1 aromatic heterocycles. The topological polar surface area (TPSA) is 59.2 Å². The van der Waals surface area contributed by atoms with Gasteiger partial charge in [-0.05, 0) is 55.3 Å². The summed E-state index contributed by atoms with van der Waals surface area (Å²) >= 11 is 3.42. The second kappa shape index (κ2) is 6.68. The number of anilines is 1. The molecule has 4 rings (SSSR count). The molecule has 1 fully saturated rings. The molecule has 5 nitrogen and oxygen atoms in total. The highest BCUT2D eigenvalue weighted by Crippen LogP contribution is 2.34. The fourth-order valence-corrected chi connectivity index (χ4v) is 3.50. The molecule has 6 heteroatoms. The molecule has 3 aromatic rings. The van der Waals surface area contributed by atoms with Crippen molar-refractivity contribution in [2.75, 3.05) is 11.4 Å². The van der Waals surface area contributed by atoms with Crippen LogP contribution in [0.2, 0.25) is 0 Å². The maximum atomic E-state index is 12.6. The van der Waals surface area contributed by atoms with Crippen molar-refractivity contribution in [2.45, 2.75) is 26.2 Å². The maximum Gasteiger partial charge on any atom is 0.232 e. The SMILES string of the molecule is Cc1ccc(C)c(N2CC(c3nc(-c4ccc(Br)cc4)no3)CC2=O)c1. The van der Waals surface area contributed by atoms with Gasteiger partial charge < -0.3 is 9.42 Å². The lowest BCUT2D eigenvalue weighted by Crippen LogP contribution is -2.25. The summed E-state index contributed by atoms with van der Waals surface area (Å²) in [6.07, 6.45) is 0.384. The molecule has 1 unspecified atom stereocenters. The molecule has 0 N–H and O–H groups in total. The lowest BCUT2D eigenvalue weighted by Gasteiger charge is -2.19. The first-order chi connectivity index (χ1) is 12.5. The third kappa shape index (κ3) is 3.17. The van der Waals surface area contributed by atoms with Gasteiger partial charge in [0.05, 0.1) is 5.92 Å². The molecule has 26 heavy (non-hydrogen) atoms. The number of halogens is 1. The number of carbonyl (C=O) groups is 1. The van der Waals surface area contributed by atoms with Gasteiger partial charge in [0, 0.05) is 28.7 Å². The summed E-state index contributed by atoms with van der Waals surface area (Å²) in [5.41, 5.74) is 4.08. The Morgan fingerprint density at radius 3 is 2.69 bits per heavy atom. The zero-order valence-corrected chi connectivity index (χ0v) is 16.2. The van der Waals surface area contributed by atoms with Gasteiger partial charge in [0.25, 0.3) is 0 Å². The number of aryl methyl sites for hydroxylation is 2. The van der Waals surface area contributed by atoms with Crippen LogP contribution in [-0.4, -0.2) is 22.6 Å². The highest BCUT2D eigenvalue weighted by Gasteiger charge is 2.35. The van der Waals surface area contributed by atoms with Crippen LogP contribution in [0.1, 0.15) is 29.4 Å². The molecule has 1 atom stereocenters. The van der Waals surface area contributed by atoms with Crippen LogP contribution < -0.4 is 4.90 Å². The third-order valence-electron chi connectivity index (χ3n) is 4.67. The van der Waals surface area contributed by atoms with Crippen molar-refractivity contribution < 1.29 is 9.32 Å². The summed E-state index contributed by atoms with van der Waals surface area (Å²) in [6, 6.07) is 13.9. The van der Waals surface area contributed by atoms with Gasteiger partial charge in [-0.1, -0.05) is 33.2 Å². The summed E-state index contributed by atoms with van der Waals surface area (Å²) < 4.78 is 6.46. The predicted octanol–water partition coefficient (Wildman–Crippen LogP) is 4.64. The smallest absolute Gasteiger partial charge is 0.232 e. The monoisotopic (exact) mass is 411 g/mol. The molecule has 132 valence electrons. The molecule has 0 bridgehead atoms. The van der Waals surface area contributed by atoms with Crippen LogP contribution in [-0.2, 0) is 4.79 Å². The number of carbonyl (C=O) groups excluding carboxylic acids is 1. The summed E-state index contributed by atoms with van der Waals surface area (Å²) in [4.78, 5) is 18.9. The number of nitrogens with zero attached hydrogens (tertiary/aromatic N) is 3. The zero-order chi connectivity index (χ0) is 18.3. The van der Waals surface area contributed by atoms with E-state index in [9.17, 15) is 4.79 Å². The molecule has 2 aromatic carbocycles. The molecular formula is C20H18BrN3O2. The van der Waals surface area contributed by atoms with E-state index in [1.807, 2.05) is 49.1 Å². The van der Waals surface area contributed by atoms with Crippen molar-refractivity contribution in [1.29, 1.82) is 0 Å². The molecular weight excluding hydrogens is 394 g/mol. The average molecular weight is 412 g/mol. The minimum Gasteiger partial charge on any atom is -0.339 e. The number of amides is 1. The summed E-state index contributed by atoms with van der Waals surface area (Å²) in [5.74, 6) is 1.07. The zero-order valence-electron chi connectivity index (χ0n) is 14.6. The number of hydrogen-bond acceptors (Lipinski definition) is 4. The highest BCUT2D eigenvalue weighted by atomic mass is 79.9. The Morgan fingerprint density at radius 2 is 1.92 bits per heavy atom. The molecule has 0 spiro atoms. The molecule has 1 aliphatic rings. The standard InChI is InChI=1S/C20H18BrN3O2/c1-12-3-4-13(2)17(9-12)24-11-15(10-18(24)25)20-22-19(23-26-20)14-5-7-16(21)8-6-14/h3-9,15H,10-11H2,1-2H3. The van der Waals surface area contributed by atoms with Crippen molar-refractivity contribution in [3.63, 3.8) is 0 Å². The van der Waals surface area contributed by atoms with Crippen LogP contribution in [0, 0.1) is 13.8 Å². The number of rotatable bonds is 3. The largest absolute Gasteiger partial charge is 0.339 e. The van der Waals surface area contributed by atoms with Gasteiger partial charge in [-0.3, -0.25) is 4.79 Å². The molecule has 0 aliphatic carbocycles. The Hall–Kier alpha value is -2.47. The first-order valence-corrected chi connectivity index (χ1v) is 9.28. The van der Waals surface area contributed by atoms with Crippen molar-refractivity contribution in [2.24, 2.45) is 0 Å². The Balaban J connectivity index is 1.58. The van der Waals surface area contributed by atoms with E-state index in [4.69, 9.17) is 4.52 Å². The average Bonchev–Trinajstić information content (AvgIpc) is 3.25. The van der Waals surface area contributed by atoms with Gasteiger partial charge in [0.15, 0.2) is 0 Å². The van der Waals surface area contributed by atoms with E-state index in [1.165, 1.54) is 0 Å². The first kappa shape index (κ1) is 17.0. The van der Waals surface area contributed by atoms with E-state index in [0.717, 1.165) is 26.9 Å². The molecule has 1 amide bonds. The van der Waals surface area contributed by atoms with E-state index < -0.39 is 0 Å². The second-order valence-electron chi connectivity index (χ2n) is 6.66. The highest BCUT2D eigenvalue weighted by molar-refractivity contribution is 9.10. The van der Waals surface area contributed by atoms with Gasteiger partial charge in [0.1, 0.15) is 0 Å². The predicted molar refractivity (Wildman–Crippen MR) is 103 cm³/mol. The van der Waals surface area contributed by atoms with Crippen LogP contribution in [0.5, 0.6) is 0 Å².